The lowest BCUT2D eigenvalue weighted by Crippen LogP contribution is -2.40. The van der Waals surface area contributed by atoms with Crippen LogP contribution in [0.3, 0.4) is 0 Å². The molecule has 0 spiro atoms. The van der Waals surface area contributed by atoms with E-state index in [9.17, 15) is 4.79 Å². The summed E-state index contributed by atoms with van der Waals surface area (Å²) < 4.78 is 0. The summed E-state index contributed by atoms with van der Waals surface area (Å²) in [4.78, 5) is 12.0. The Morgan fingerprint density at radius 1 is 1.41 bits per heavy atom. The molecule has 1 aromatic carbocycles. The van der Waals surface area contributed by atoms with Gasteiger partial charge < -0.3 is 11.1 Å². The summed E-state index contributed by atoms with van der Waals surface area (Å²) in [6, 6.07) is 7.34. The standard InChI is InChI=1S/C14H18N2O/c1-4-5-10-16-13(17)14(2,3)11-6-8-12(15)9-7-11/h1,6-9H,5,10,15H2,2-3H3,(H,16,17). The number of carbonyl (C=O) groups is 1. The second-order valence-electron chi connectivity index (χ2n) is 4.46. The number of amides is 1. The van der Waals surface area contributed by atoms with Crippen LogP contribution in [-0.2, 0) is 10.2 Å². The van der Waals surface area contributed by atoms with Crippen molar-refractivity contribution in [3.8, 4) is 12.3 Å². The van der Waals surface area contributed by atoms with Crippen molar-refractivity contribution in [1.82, 2.24) is 5.32 Å². The molecule has 0 aromatic heterocycles. The van der Waals surface area contributed by atoms with Crippen molar-refractivity contribution in [2.45, 2.75) is 25.7 Å². The van der Waals surface area contributed by atoms with E-state index in [-0.39, 0.29) is 5.91 Å². The topological polar surface area (TPSA) is 55.1 Å². The molecule has 1 aromatic rings. The third-order valence-corrected chi connectivity index (χ3v) is 2.75. The van der Waals surface area contributed by atoms with Crippen molar-refractivity contribution < 1.29 is 4.79 Å². The number of rotatable bonds is 4. The molecule has 1 amide bonds. The summed E-state index contributed by atoms with van der Waals surface area (Å²) in [6.07, 6.45) is 5.68. The monoisotopic (exact) mass is 230 g/mol. The number of hydrogen-bond donors (Lipinski definition) is 2. The van der Waals surface area contributed by atoms with Crippen LogP contribution in [0.15, 0.2) is 24.3 Å². The molecule has 0 saturated heterocycles. The summed E-state index contributed by atoms with van der Waals surface area (Å²) in [6.45, 7) is 4.27. The number of terminal acetylenes is 1. The van der Waals surface area contributed by atoms with Gasteiger partial charge in [-0.05, 0) is 31.5 Å². The first-order chi connectivity index (χ1) is 7.98. The highest BCUT2D eigenvalue weighted by atomic mass is 16.2. The molecule has 0 heterocycles. The van der Waals surface area contributed by atoms with Crippen LogP contribution in [0.1, 0.15) is 25.8 Å². The van der Waals surface area contributed by atoms with Gasteiger partial charge in [-0.3, -0.25) is 4.79 Å². The van der Waals surface area contributed by atoms with Crippen molar-refractivity contribution in [1.29, 1.82) is 0 Å². The van der Waals surface area contributed by atoms with Crippen LogP contribution in [0.4, 0.5) is 5.69 Å². The van der Waals surface area contributed by atoms with Crippen molar-refractivity contribution in [2.24, 2.45) is 0 Å². The first kappa shape index (κ1) is 13.1. The maximum absolute atomic E-state index is 12.0. The van der Waals surface area contributed by atoms with E-state index in [1.165, 1.54) is 0 Å². The Morgan fingerprint density at radius 2 is 2.00 bits per heavy atom. The fourth-order valence-electron chi connectivity index (χ4n) is 1.50. The fourth-order valence-corrected chi connectivity index (χ4v) is 1.50. The fraction of sp³-hybridized carbons (Fsp3) is 0.357. The van der Waals surface area contributed by atoms with Gasteiger partial charge >= 0.3 is 0 Å². The van der Waals surface area contributed by atoms with E-state index in [0.717, 1.165) is 5.56 Å². The zero-order valence-corrected chi connectivity index (χ0v) is 10.3. The SMILES string of the molecule is C#CCCNC(=O)C(C)(C)c1ccc(N)cc1. The van der Waals surface area contributed by atoms with Crippen LogP contribution in [0.2, 0.25) is 0 Å². The van der Waals surface area contributed by atoms with E-state index in [1.807, 2.05) is 26.0 Å². The van der Waals surface area contributed by atoms with Crippen molar-refractivity contribution in [3.05, 3.63) is 29.8 Å². The molecule has 0 radical (unpaired) electrons. The summed E-state index contributed by atoms with van der Waals surface area (Å²) in [5.41, 5.74) is 6.67. The molecular formula is C14H18N2O. The maximum atomic E-state index is 12.0. The molecule has 0 aliphatic rings. The summed E-state index contributed by atoms with van der Waals surface area (Å²) in [5, 5.41) is 2.82. The number of nitrogens with one attached hydrogen (secondary N) is 1. The summed E-state index contributed by atoms with van der Waals surface area (Å²) >= 11 is 0. The van der Waals surface area contributed by atoms with Crippen LogP contribution in [0, 0.1) is 12.3 Å². The van der Waals surface area contributed by atoms with Gasteiger partial charge in [-0.15, -0.1) is 12.3 Å². The normalized spacial score (nSPS) is 10.6. The molecular weight excluding hydrogens is 212 g/mol. The predicted molar refractivity (Wildman–Crippen MR) is 70.3 cm³/mol. The Balaban J connectivity index is 2.76. The van der Waals surface area contributed by atoms with E-state index in [2.05, 4.69) is 11.2 Å². The average Bonchev–Trinajstić information content (AvgIpc) is 2.29. The molecule has 0 fully saturated rings. The molecule has 17 heavy (non-hydrogen) atoms. The van der Waals surface area contributed by atoms with Crippen molar-refractivity contribution in [2.75, 3.05) is 12.3 Å². The number of nitrogen functional groups attached to an aromatic ring is 1. The largest absolute Gasteiger partial charge is 0.399 e. The molecule has 0 aliphatic carbocycles. The maximum Gasteiger partial charge on any atom is 0.230 e. The van der Waals surface area contributed by atoms with Crippen LogP contribution in [-0.4, -0.2) is 12.5 Å². The smallest absolute Gasteiger partial charge is 0.230 e. The van der Waals surface area contributed by atoms with Crippen LogP contribution >= 0.6 is 0 Å². The van der Waals surface area contributed by atoms with E-state index >= 15 is 0 Å². The molecule has 3 heteroatoms. The van der Waals surface area contributed by atoms with E-state index in [1.54, 1.807) is 12.1 Å². The van der Waals surface area contributed by atoms with Crippen molar-refractivity contribution >= 4 is 11.6 Å². The minimum Gasteiger partial charge on any atom is -0.399 e. The minimum absolute atomic E-state index is 0.0301. The zero-order chi connectivity index (χ0) is 12.9. The molecule has 3 N–H and O–H groups in total. The Hall–Kier alpha value is -1.95. The van der Waals surface area contributed by atoms with E-state index in [0.29, 0.717) is 18.7 Å². The molecule has 0 aliphatic heterocycles. The number of carbonyl (C=O) groups excluding carboxylic acids is 1. The molecule has 1 rings (SSSR count). The molecule has 90 valence electrons. The lowest BCUT2D eigenvalue weighted by Gasteiger charge is -2.24. The quantitative estimate of drug-likeness (QED) is 0.470. The van der Waals surface area contributed by atoms with Gasteiger partial charge in [0.1, 0.15) is 0 Å². The second kappa shape index (κ2) is 5.40. The van der Waals surface area contributed by atoms with Gasteiger partial charge in [0, 0.05) is 18.7 Å². The van der Waals surface area contributed by atoms with E-state index < -0.39 is 5.41 Å². The summed E-state index contributed by atoms with van der Waals surface area (Å²) in [5.74, 6) is 2.46. The van der Waals surface area contributed by atoms with Gasteiger partial charge in [0.25, 0.3) is 0 Å². The third kappa shape index (κ3) is 3.25. The Bertz CT molecular complexity index is 427. The van der Waals surface area contributed by atoms with Crippen LogP contribution < -0.4 is 11.1 Å². The van der Waals surface area contributed by atoms with Gasteiger partial charge in [-0.25, -0.2) is 0 Å². The lowest BCUT2D eigenvalue weighted by molar-refractivity contribution is -0.125. The van der Waals surface area contributed by atoms with Crippen LogP contribution in [0.25, 0.3) is 0 Å². The highest BCUT2D eigenvalue weighted by Gasteiger charge is 2.29. The van der Waals surface area contributed by atoms with Gasteiger partial charge in [-0.2, -0.15) is 0 Å². The minimum atomic E-state index is -0.581. The first-order valence-electron chi connectivity index (χ1n) is 5.56. The second-order valence-corrected chi connectivity index (χ2v) is 4.46. The Morgan fingerprint density at radius 3 is 2.53 bits per heavy atom. The lowest BCUT2D eigenvalue weighted by atomic mass is 9.83. The van der Waals surface area contributed by atoms with E-state index in [4.69, 9.17) is 12.2 Å². The number of hydrogen-bond acceptors (Lipinski definition) is 2. The first-order valence-corrected chi connectivity index (χ1v) is 5.56. The highest BCUT2D eigenvalue weighted by molar-refractivity contribution is 5.87. The van der Waals surface area contributed by atoms with Gasteiger partial charge in [0.05, 0.1) is 5.41 Å². The molecule has 0 saturated carbocycles. The van der Waals surface area contributed by atoms with Gasteiger partial charge in [-0.1, -0.05) is 12.1 Å². The molecule has 0 bridgehead atoms. The number of nitrogens with two attached hydrogens (primary N) is 1. The zero-order valence-electron chi connectivity index (χ0n) is 10.3. The molecule has 0 unspecified atom stereocenters. The molecule has 3 nitrogen and oxygen atoms in total. The number of benzene rings is 1. The van der Waals surface area contributed by atoms with Gasteiger partial charge in [0.2, 0.25) is 5.91 Å². The Kier molecular flexibility index (Phi) is 4.17. The predicted octanol–water partition coefficient (Wildman–Crippen LogP) is 1.69. The van der Waals surface area contributed by atoms with Crippen molar-refractivity contribution in [3.63, 3.8) is 0 Å². The summed E-state index contributed by atoms with van der Waals surface area (Å²) in [7, 11) is 0. The van der Waals surface area contributed by atoms with Gasteiger partial charge in [0.15, 0.2) is 0 Å². The highest BCUT2D eigenvalue weighted by Crippen LogP contribution is 2.24. The molecule has 0 atom stereocenters. The number of anilines is 1. The van der Waals surface area contributed by atoms with Crippen LogP contribution in [0.5, 0.6) is 0 Å². The Labute approximate surface area is 102 Å². The third-order valence-electron chi connectivity index (χ3n) is 2.75. The average molecular weight is 230 g/mol.